The molecule has 5 nitrogen and oxygen atoms in total. The first kappa shape index (κ1) is 15.9. The van der Waals surface area contributed by atoms with Crippen LogP contribution in [0.3, 0.4) is 0 Å². The van der Waals surface area contributed by atoms with Crippen molar-refractivity contribution in [1.82, 2.24) is 14.5 Å². The quantitative estimate of drug-likeness (QED) is 0.809. The van der Waals surface area contributed by atoms with Gasteiger partial charge in [0, 0.05) is 32.0 Å². The van der Waals surface area contributed by atoms with Gasteiger partial charge in [-0.25, -0.2) is 4.98 Å². The maximum atomic E-state index is 12.7. The van der Waals surface area contributed by atoms with E-state index in [2.05, 4.69) is 9.55 Å². The summed E-state index contributed by atoms with van der Waals surface area (Å²) in [4.78, 5) is 31.5. The lowest BCUT2D eigenvalue weighted by Crippen LogP contribution is -2.40. The number of carbonyl (C=O) groups excluding carboxylic acids is 2. The van der Waals surface area contributed by atoms with Crippen molar-refractivity contribution in [2.75, 3.05) is 13.1 Å². The number of amides is 1. The summed E-state index contributed by atoms with van der Waals surface area (Å²) in [5, 5.41) is 0. The van der Waals surface area contributed by atoms with Crippen molar-refractivity contribution in [3.63, 3.8) is 0 Å². The molecule has 0 unspecified atom stereocenters. The average molecular weight is 331 g/mol. The van der Waals surface area contributed by atoms with Crippen LogP contribution in [-0.2, 0) is 6.54 Å². The fraction of sp³-hybridized carbons (Fsp3) is 0.471. The van der Waals surface area contributed by atoms with Gasteiger partial charge in [0.25, 0.3) is 5.91 Å². The van der Waals surface area contributed by atoms with Crippen molar-refractivity contribution in [1.29, 1.82) is 0 Å². The van der Waals surface area contributed by atoms with E-state index in [1.807, 2.05) is 24.2 Å². The SMILES string of the molecule is CC(=O)c1ccc(C(=O)N2CCC[C@@H](Cn3ccnc3C)C2)s1. The van der Waals surface area contributed by atoms with E-state index >= 15 is 0 Å². The number of aryl methyl sites for hydroxylation is 1. The standard InChI is InChI=1S/C17H21N3O2S/c1-12(21)15-5-6-16(23-15)17(22)20-8-3-4-14(11-20)10-19-9-7-18-13(19)2/h5-7,9,14H,3-4,8,10-11H2,1-2H3/t14-/m0/s1. The zero-order valence-electron chi connectivity index (χ0n) is 13.5. The van der Waals surface area contributed by atoms with E-state index in [-0.39, 0.29) is 11.7 Å². The molecule has 1 aliphatic rings. The Morgan fingerprint density at radius 1 is 1.35 bits per heavy atom. The van der Waals surface area contributed by atoms with Crippen LogP contribution in [0, 0.1) is 12.8 Å². The van der Waals surface area contributed by atoms with Gasteiger partial charge in [0.05, 0.1) is 9.75 Å². The van der Waals surface area contributed by atoms with Crippen LogP contribution in [0.2, 0.25) is 0 Å². The first-order chi connectivity index (χ1) is 11.0. The lowest BCUT2D eigenvalue weighted by Gasteiger charge is -2.32. The Hall–Kier alpha value is -1.95. The summed E-state index contributed by atoms with van der Waals surface area (Å²) in [6.45, 7) is 6.00. The second-order valence-electron chi connectivity index (χ2n) is 6.11. The number of hydrogen-bond acceptors (Lipinski definition) is 4. The molecule has 2 aromatic rings. The Morgan fingerprint density at radius 2 is 2.13 bits per heavy atom. The van der Waals surface area contributed by atoms with Crippen molar-refractivity contribution in [2.45, 2.75) is 33.2 Å². The third kappa shape index (κ3) is 3.52. The van der Waals surface area contributed by atoms with E-state index in [1.165, 1.54) is 18.3 Å². The molecule has 1 aliphatic heterocycles. The lowest BCUT2D eigenvalue weighted by atomic mass is 9.97. The number of likely N-dealkylation sites (tertiary alicyclic amines) is 1. The maximum absolute atomic E-state index is 12.7. The number of carbonyl (C=O) groups is 2. The van der Waals surface area contributed by atoms with Crippen LogP contribution in [0.5, 0.6) is 0 Å². The van der Waals surface area contributed by atoms with Crippen LogP contribution in [0.25, 0.3) is 0 Å². The smallest absolute Gasteiger partial charge is 0.263 e. The van der Waals surface area contributed by atoms with Crippen LogP contribution < -0.4 is 0 Å². The van der Waals surface area contributed by atoms with Gasteiger partial charge < -0.3 is 9.47 Å². The number of imidazole rings is 1. The van der Waals surface area contributed by atoms with Gasteiger partial charge in [0.15, 0.2) is 5.78 Å². The Balaban J connectivity index is 1.66. The molecule has 0 radical (unpaired) electrons. The van der Waals surface area contributed by atoms with Gasteiger partial charge in [0.2, 0.25) is 0 Å². The van der Waals surface area contributed by atoms with Gasteiger partial charge in [-0.05, 0) is 44.7 Å². The van der Waals surface area contributed by atoms with Crippen LogP contribution in [-0.4, -0.2) is 39.2 Å². The fourth-order valence-corrected chi connectivity index (χ4v) is 3.94. The number of Topliss-reactive ketones (excluding diaryl/α,β-unsaturated/α-hetero) is 1. The number of piperidine rings is 1. The van der Waals surface area contributed by atoms with Crippen molar-refractivity contribution >= 4 is 23.0 Å². The predicted octanol–water partition coefficient (Wildman–Crippen LogP) is 3.01. The summed E-state index contributed by atoms with van der Waals surface area (Å²) in [5.74, 6) is 1.53. The molecule has 0 saturated carbocycles. The summed E-state index contributed by atoms with van der Waals surface area (Å²) in [5.41, 5.74) is 0. The van der Waals surface area contributed by atoms with Gasteiger partial charge in [-0.3, -0.25) is 9.59 Å². The summed E-state index contributed by atoms with van der Waals surface area (Å²) in [7, 11) is 0. The average Bonchev–Trinajstić information content (AvgIpc) is 3.17. The molecule has 0 aromatic carbocycles. The maximum Gasteiger partial charge on any atom is 0.263 e. The first-order valence-corrected chi connectivity index (χ1v) is 8.74. The van der Waals surface area contributed by atoms with E-state index in [1.54, 1.807) is 12.1 Å². The Morgan fingerprint density at radius 3 is 2.78 bits per heavy atom. The fourth-order valence-electron chi connectivity index (χ4n) is 3.07. The Kier molecular flexibility index (Phi) is 4.61. The van der Waals surface area contributed by atoms with Crippen LogP contribution in [0.4, 0.5) is 0 Å². The number of aromatic nitrogens is 2. The molecule has 3 rings (SSSR count). The van der Waals surface area contributed by atoms with Gasteiger partial charge in [0.1, 0.15) is 5.82 Å². The highest BCUT2D eigenvalue weighted by atomic mass is 32.1. The Labute approximate surface area is 139 Å². The molecular weight excluding hydrogens is 310 g/mol. The number of thiophene rings is 1. The number of hydrogen-bond donors (Lipinski definition) is 0. The highest BCUT2D eigenvalue weighted by Gasteiger charge is 2.26. The summed E-state index contributed by atoms with van der Waals surface area (Å²) >= 11 is 1.30. The lowest BCUT2D eigenvalue weighted by molar-refractivity contribution is 0.0667. The normalized spacial score (nSPS) is 18.2. The first-order valence-electron chi connectivity index (χ1n) is 7.92. The van der Waals surface area contributed by atoms with Crippen LogP contribution in [0.1, 0.15) is 44.9 Å². The van der Waals surface area contributed by atoms with Crippen molar-refractivity contribution in [3.05, 3.63) is 40.1 Å². The number of ketones is 1. The van der Waals surface area contributed by atoms with E-state index in [0.29, 0.717) is 15.7 Å². The molecule has 23 heavy (non-hydrogen) atoms. The van der Waals surface area contributed by atoms with Gasteiger partial charge in [-0.2, -0.15) is 0 Å². The monoisotopic (exact) mass is 331 g/mol. The molecule has 1 saturated heterocycles. The third-order valence-corrected chi connectivity index (χ3v) is 5.52. The third-order valence-electron chi connectivity index (χ3n) is 4.35. The van der Waals surface area contributed by atoms with E-state index in [0.717, 1.165) is 38.3 Å². The minimum atomic E-state index is 0.0150. The molecule has 0 aliphatic carbocycles. The predicted molar refractivity (Wildman–Crippen MR) is 89.9 cm³/mol. The highest BCUT2D eigenvalue weighted by Crippen LogP contribution is 2.24. The molecule has 1 fully saturated rings. The zero-order valence-corrected chi connectivity index (χ0v) is 14.3. The number of rotatable bonds is 4. The largest absolute Gasteiger partial charge is 0.338 e. The summed E-state index contributed by atoms with van der Waals surface area (Å²) < 4.78 is 2.15. The molecule has 0 spiro atoms. The van der Waals surface area contributed by atoms with Crippen LogP contribution >= 0.6 is 11.3 Å². The van der Waals surface area contributed by atoms with E-state index in [4.69, 9.17) is 0 Å². The molecule has 6 heteroatoms. The molecule has 0 N–H and O–H groups in total. The topological polar surface area (TPSA) is 55.2 Å². The van der Waals surface area contributed by atoms with Crippen LogP contribution in [0.15, 0.2) is 24.5 Å². The minimum Gasteiger partial charge on any atom is -0.338 e. The minimum absolute atomic E-state index is 0.0150. The molecule has 1 amide bonds. The second kappa shape index (κ2) is 6.66. The van der Waals surface area contributed by atoms with Crippen molar-refractivity contribution in [3.8, 4) is 0 Å². The van der Waals surface area contributed by atoms with Crippen molar-refractivity contribution in [2.24, 2.45) is 5.92 Å². The Bertz CT molecular complexity index is 719. The van der Waals surface area contributed by atoms with E-state index in [9.17, 15) is 9.59 Å². The number of nitrogens with zero attached hydrogens (tertiary/aromatic N) is 3. The highest BCUT2D eigenvalue weighted by molar-refractivity contribution is 7.15. The van der Waals surface area contributed by atoms with E-state index < -0.39 is 0 Å². The molecule has 1 atom stereocenters. The van der Waals surface area contributed by atoms with Gasteiger partial charge in [-0.1, -0.05) is 0 Å². The molecule has 0 bridgehead atoms. The summed E-state index contributed by atoms with van der Waals surface area (Å²) in [6.07, 6.45) is 5.96. The second-order valence-corrected chi connectivity index (χ2v) is 7.19. The molecule has 2 aromatic heterocycles. The molecular formula is C17H21N3O2S. The van der Waals surface area contributed by atoms with Gasteiger partial charge in [-0.15, -0.1) is 11.3 Å². The summed E-state index contributed by atoms with van der Waals surface area (Å²) in [6, 6.07) is 3.52. The molecule has 3 heterocycles. The van der Waals surface area contributed by atoms with Crippen molar-refractivity contribution < 1.29 is 9.59 Å². The van der Waals surface area contributed by atoms with Gasteiger partial charge >= 0.3 is 0 Å². The molecule has 122 valence electrons. The zero-order chi connectivity index (χ0) is 16.4.